The molecule has 1 aromatic rings. The molecule has 2 rings (SSSR count). The Bertz CT molecular complexity index is 477. The summed E-state index contributed by atoms with van der Waals surface area (Å²) in [5, 5.41) is 6.27. The molecule has 1 aliphatic heterocycles. The lowest BCUT2D eigenvalue weighted by Crippen LogP contribution is -2.26. The van der Waals surface area contributed by atoms with Crippen LogP contribution < -0.4 is 15.5 Å². The molecular weight excluding hydrogens is 250 g/mol. The Hall–Kier alpha value is -1.81. The maximum Gasteiger partial charge on any atom is 0.251 e. The highest BCUT2D eigenvalue weighted by Crippen LogP contribution is 2.12. The van der Waals surface area contributed by atoms with E-state index in [1.54, 1.807) is 0 Å². The molecule has 1 aromatic carbocycles. The molecule has 1 heterocycles. The van der Waals surface area contributed by atoms with Crippen LogP contribution >= 0.6 is 0 Å². The number of hydrogen-bond acceptors (Lipinski definition) is 3. The van der Waals surface area contributed by atoms with Crippen molar-refractivity contribution in [2.75, 3.05) is 38.6 Å². The molecule has 4 heteroatoms. The number of hydrogen-bond donors (Lipinski definition) is 2. The van der Waals surface area contributed by atoms with E-state index in [1.165, 1.54) is 5.57 Å². The average Bonchev–Trinajstić information content (AvgIpc) is 2.48. The maximum absolute atomic E-state index is 12.0. The van der Waals surface area contributed by atoms with Crippen LogP contribution in [0.4, 0.5) is 5.69 Å². The van der Waals surface area contributed by atoms with E-state index in [0.29, 0.717) is 6.54 Å². The van der Waals surface area contributed by atoms with Crippen LogP contribution in [0.5, 0.6) is 0 Å². The highest BCUT2D eigenvalue weighted by molar-refractivity contribution is 5.94. The molecular formula is C16H23N3O. The summed E-state index contributed by atoms with van der Waals surface area (Å²) in [5.41, 5.74) is 3.25. The Morgan fingerprint density at radius 3 is 2.65 bits per heavy atom. The van der Waals surface area contributed by atoms with Crippen LogP contribution in [-0.4, -0.2) is 39.6 Å². The van der Waals surface area contributed by atoms with Crippen LogP contribution in [0.3, 0.4) is 0 Å². The van der Waals surface area contributed by atoms with Crippen LogP contribution in [-0.2, 0) is 0 Å². The lowest BCUT2D eigenvalue weighted by Gasteiger charge is -2.14. The minimum atomic E-state index is 0.00448. The molecule has 0 radical (unpaired) electrons. The van der Waals surface area contributed by atoms with Crippen LogP contribution in [0.1, 0.15) is 23.2 Å². The molecule has 4 nitrogen and oxygen atoms in total. The van der Waals surface area contributed by atoms with E-state index in [2.05, 4.69) is 16.7 Å². The van der Waals surface area contributed by atoms with E-state index < -0.39 is 0 Å². The third-order valence-electron chi connectivity index (χ3n) is 3.54. The van der Waals surface area contributed by atoms with Gasteiger partial charge in [-0.1, -0.05) is 11.6 Å². The molecule has 0 saturated carbocycles. The zero-order valence-electron chi connectivity index (χ0n) is 12.3. The Morgan fingerprint density at radius 2 is 2.05 bits per heavy atom. The van der Waals surface area contributed by atoms with Crippen molar-refractivity contribution in [1.82, 2.24) is 10.6 Å². The van der Waals surface area contributed by atoms with E-state index in [9.17, 15) is 4.79 Å². The zero-order chi connectivity index (χ0) is 14.4. The van der Waals surface area contributed by atoms with Crippen molar-refractivity contribution in [3.05, 3.63) is 41.5 Å². The molecule has 0 atom stereocenters. The molecule has 1 amide bonds. The molecule has 0 saturated heterocycles. The molecule has 0 unspecified atom stereocenters. The predicted octanol–water partition coefficient (Wildman–Crippen LogP) is 1.79. The number of benzene rings is 1. The van der Waals surface area contributed by atoms with Crippen molar-refractivity contribution in [1.29, 1.82) is 0 Å². The van der Waals surface area contributed by atoms with Gasteiger partial charge in [0.1, 0.15) is 0 Å². The highest BCUT2D eigenvalue weighted by Gasteiger charge is 2.07. The van der Waals surface area contributed by atoms with Gasteiger partial charge in [-0.15, -0.1) is 0 Å². The summed E-state index contributed by atoms with van der Waals surface area (Å²) < 4.78 is 0. The van der Waals surface area contributed by atoms with Gasteiger partial charge in [0, 0.05) is 38.4 Å². The highest BCUT2D eigenvalue weighted by atomic mass is 16.1. The molecule has 0 fully saturated rings. The minimum Gasteiger partial charge on any atom is -0.378 e. The van der Waals surface area contributed by atoms with Crippen molar-refractivity contribution in [3.8, 4) is 0 Å². The number of anilines is 1. The topological polar surface area (TPSA) is 44.4 Å². The van der Waals surface area contributed by atoms with Gasteiger partial charge in [-0.2, -0.15) is 0 Å². The summed E-state index contributed by atoms with van der Waals surface area (Å²) in [5.74, 6) is 0.00448. The second-order valence-corrected chi connectivity index (χ2v) is 5.26. The van der Waals surface area contributed by atoms with Crippen molar-refractivity contribution < 1.29 is 4.79 Å². The summed E-state index contributed by atoms with van der Waals surface area (Å²) in [7, 11) is 3.98. The summed E-state index contributed by atoms with van der Waals surface area (Å²) in [6.07, 6.45) is 4.26. The Labute approximate surface area is 120 Å². The average molecular weight is 273 g/mol. The van der Waals surface area contributed by atoms with Gasteiger partial charge < -0.3 is 15.5 Å². The Kier molecular flexibility index (Phi) is 5.18. The SMILES string of the molecule is CN(C)c1ccc(C(=O)NCCC2=CCNCC2)cc1. The zero-order valence-corrected chi connectivity index (χ0v) is 12.3. The van der Waals surface area contributed by atoms with Gasteiger partial charge in [0.25, 0.3) is 5.91 Å². The van der Waals surface area contributed by atoms with E-state index in [4.69, 9.17) is 0 Å². The van der Waals surface area contributed by atoms with Gasteiger partial charge >= 0.3 is 0 Å². The lowest BCUT2D eigenvalue weighted by atomic mass is 10.1. The number of nitrogens with one attached hydrogen (secondary N) is 2. The number of nitrogens with zero attached hydrogens (tertiary/aromatic N) is 1. The number of carbonyl (C=O) groups excluding carboxylic acids is 1. The first-order chi connectivity index (χ1) is 9.66. The second-order valence-electron chi connectivity index (χ2n) is 5.26. The largest absolute Gasteiger partial charge is 0.378 e. The van der Waals surface area contributed by atoms with Gasteiger partial charge in [-0.05, 0) is 43.7 Å². The summed E-state index contributed by atoms with van der Waals surface area (Å²) in [6, 6.07) is 7.66. The van der Waals surface area contributed by atoms with Gasteiger partial charge in [-0.25, -0.2) is 0 Å². The van der Waals surface area contributed by atoms with Crippen molar-refractivity contribution in [2.24, 2.45) is 0 Å². The molecule has 108 valence electrons. The minimum absolute atomic E-state index is 0.00448. The van der Waals surface area contributed by atoms with Crippen LogP contribution in [0, 0.1) is 0 Å². The van der Waals surface area contributed by atoms with Crippen LogP contribution in [0.25, 0.3) is 0 Å². The third kappa shape index (κ3) is 4.10. The molecule has 2 N–H and O–H groups in total. The number of amides is 1. The summed E-state index contributed by atoms with van der Waals surface area (Å²) >= 11 is 0. The fraction of sp³-hybridized carbons (Fsp3) is 0.438. The van der Waals surface area contributed by atoms with E-state index in [-0.39, 0.29) is 5.91 Å². The number of carbonyl (C=O) groups is 1. The standard InChI is InChI=1S/C16H23N3O/c1-19(2)15-5-3-14(4-6-15)16(20)18-12-9-13-7-10-17-11-8-13/h3-7,17H,8-12H2,1-2H3,(H,18,20). The fourth-order valence-electron chi connectivity index (χ4n) is 2.25. The fourth-order valence-corrected chi connectivity index (χ4v) is 2.25. The molecule has 0 aromatic heterocycles. The Morgan fingerprint density at radius 1 is 1.30 bits per heavy atom. The number of rotatable bonds is 5. The van der Waals surface area contributed by atoms with Gasteiger partial charge in [0.15, 0.2) is 0 Å². The van der Waals surface area contributed by atoms with Gasteiger partial charge in [0.2, 0.25) is 0 Å². The first-order valence-corrected chi connectivity index (χ1v) is 7.11. The van der Waals surface area contributed by atoms with Crippen LogP contribution in [0.2, 0.25) is 0 Å². The maximum atomic E-state index is 12.0. The van der Waals surface area contributed by atoms with Crippen LogP contribution in [0.15, 0.2) is 35.9 Å². The first-order valence-electron chi connectivity index (χ1n) is 7.11. The van der Waals surface area contributed by atoms with Crippen molar-refractivity contribution >= 4 is 11.6 Å². The first kappa shape index (κ1) is 14.6. The second kappa shape index (κ2) is 7.10. The normalized spacial score (nSPS) is 14.6. The van der Waals surface area contributed by atoms with E-state index >= 15 is 0 Å². The molecule has 0 spiro atoms. The van der Waals surface area contributed by atoms with E-state index in [1.807, 2.05) is 43.3 Å². The summed E-state index contributed by atoms with van der Waals surface area (Å²) in [4.78, 5) is 14.0. The molecule has 1 aliphatic rings. The molecule has 0 aliphatic carbocycles. The summed E-state index contributed by atoms with van der Waals surface area (Å²) in [6.45, 7) is 2.71. The molecule has 20 heavy (non-hydrogen) atoms. The third-order valence-corrected chi connectivity index (χ3v) is 3.54. The monoisotopic (exact) mass is 273 g/mol. The van der Waals surface area contributed by atoms with Gasteiger partial charge in [0.05, 0.1) is 0 Å². The Balaban J connectivity index is 1.80. The lowest BCUT2D eigenvalue weighted by molar-refractivity contribution is 0.0954. The molecule has 0 bridgehead atoms. The van der Waals surface area contributed by atoms with Gasteiger partial charge in [-0.3, -0.25) is 4.79 Å². The van der Waals surface area contributed by atoms with Crippen molar-refractivity contribution in [2.45, 2.75) is 12.8 Å². The smallest absolute Gasteiger partial charge is 0.251 e. The van der Waals surface area contributed by atoms with E-state index in [0.717, 1.165) is 37.2 Å². The van der Waals surface area contributed by atoms with Crippen molar-refractivity contribution in [3.63, 3.8) is 0 Å². The quantitative estimate of drug-likeness (QED) is 0.804. The predicted molar refractivity (Wildman–Crippen MR) is 83.3 cm³/mol.